The Morgan fingerprint density at radius 2 is 2.10 bits per heavy atom. The van der Waals surface area contributed by atoms with Gasteiger partial charge in [-0.3, -0.25) is 9.89 Å². The minimum Gasteiger partial charge on any atom is -0.497 e. The normalized spacial score (nSPS) is 10.5. The highest BCUT2D eigenvalue weighted by Crippen LogP contribution is 2.25. The van der Waals surface area contributed by atoms with Gasteiger partial charge in [0.25, 0.3) is 5.91 Å². The van der Waals surface area contributed by atoms with Gasteiger partial charge in [-0.1, -0.05) is 18.2 Å². The number of carbonyl (C=O) groups is 1. The molecule has 0 fully saturated rings. The predicted molar refractivity (Wildman–Crippen MR) is 81.5 cm³/mol. The van der Waals surface area contributed by atoms with Gasteiger partial charge in [0.2, 0.25) is 0 Å². The number of para-hydroxylation sites is 1. The number of fused-ring (bicyclic) bond motifs is 1. The quantitative estimate of drug-likeness (QED) is 0.643. The van der Waals surface area contributed by atoms with Gasteiger partial charge in [0, 0.05) is 11.5 Å². The molecule has 2 aromatic carbocycles. The molecule has 106 valence electrons. The third kappa shape index (κ3) is 2.38. The number of aromatic nitrogens is 2. The molecule has 0 aliphatic rings. The maximum absolute atomic E-state index is 12.4. The first-order valence-corrected chi connectivity index (χ1v) is 6.37. The van der Waals surface area contributed by atoms with E-state index in [-0.39, 0.29) is 5.91 Å². The van der Waals surface area contributed by atoms with Crippen LogP contribution in [0.4, 0.5) is 11.4 Å². The number of nitrogens with two attached hydrogens (primary N) is 1. The molecule has 6 heteroatoms. The number of methoxy groups -OCH3 is 1. The first-order chi connectivity index (χ1) is 10.2. The summed E-state index contributed by atoms with van der Waals surface area (Å²) >= 11 is 0. The maximum atomic E-state index is 12.4. The highest BCUT2D eigenvalue weighted by molar-refractivity contribution is 6.12. The monoisotopic (exact) mass is 282 g/mol. The Hall–Kier alpha value is -3.02. The van der Waals surface area contributed by atoms with Crippen LogP contribution in [0.1, 0.15) is 10.5 Å². The van der Waals surface area contributed by atoms with E-state index in [9.17, 15) is 4.79 Å². The standard InChI is InChI=1S/C15H14N4O2/c1-21-9-6-7-11(16)13(8-9)17-15(20)14-10-4-2-3-5-12(10)18-19-14/h2-8H,16H2,1H3,(H,17,20)(H,18,19). The molecule has 0 saturated heterocycles. The van der Waals surface area contributed by atoms with Crippen LogP contribution in [0.25, 0.3) is 10.9 Å². The summed E-state index contributed by atoms with van der Waals surface area (Å²) in [4.78, 5) is 12.4. The summed E-state index contributed by atoms with van der Waals surface area (Å²) in [5.74, 6) is 0.291. The van der Waals surface area contributed by atoms with E-state index in [0.29, 0.717) is 22.8 Å². The smallest absolute Gasteiger partial charge is 0.276 e. The number of nitrogen functional groups attached to an aromatic ring is 1. The van der Waals surface area contributed by atoms with Gasteiger partial charge in [-0.05, 0) is 18.2 Å². The SMILES string of the molecule is COc1ccc(N)c(NC(=O)c2n[nH]c3ccccc23)c1. The van der Waals surface area contributed by atoms with Crippen LogP contribution in [0.5, 0.6) is 5.75 Å². The second-order valence-corrected chi connectivity index (χ2v) is 4.53. The van der Waals surface area contributed by atoms with Crippen LogP contribution in [-0.4, -0.2) is 23.2 Å². The van der Waals surface area contributed by atoms with Crippen molar-refractivity contribution in [3.63, 3.8) is 0 Å². The zero-order valence-electron chi connectivity index (χ0n) is 11.4. The van der Waals surface area contributed by atoms with Crippen LogP contribution in [0.2, 0.25) is 0 Å². The molecular weight excluding hydrogens is 268 g/mol. The number of nitrogens with zero attached hydrogens (tertiary/aromatic N) is 1. The van der Waals surface area contributed by atoms with E-state index in [1.165, 1.54) is 0 Å². The Kier molecular flexibility index (Phi) is 3.19. The second kappa shape index (κ2) is 5.16. The summed E-state index contributed by atoms with van der Waals surface area (Å²) in [7, 11) is 1.55. The summed E-state index contributed by atoms with van der Waals surface area (Å²) in [6, 6.07) is 12.5. The van der Waals surface area contributed by atoms with Crippen molar-refractivity contribution in [2.45, 2.75) is 0 Å². The van der Waals surface area contributed by atoms with Crippen molar-refractivity contribution in [3.05, 3.63) is 48.2 Å². The van der Waals surface area contributed by atoms with E-state index in [1.54, 1.807) is 25.3 Å². The largest absolute Gasteiger partial charge is 0.497 e. The second-order valence-electron chi connectivity index (χ2n) is 4.53. The average molecular weight is 282 g/mol. The Bertz CT molecular complexity index is 810. The number of aromatic amines is 1. The van der Waals surface area contributed by atoms with Gasteiger partial charge in [0.15, 0.2) is 5.69 Å². The number of nitrogens with one attached hydrogen (secondary N) is 2. The highest BCUT2D eigenvalue weighted by Gasteiger charge is 2.15. The topological polar surface area (TPSA) is 93.0 Å². The van der Waals surface area contributed by atoms with E-state index in [0.717, 1.165) is 10.9 Å². The van der Waals surface area contributed by atoms with Crippen molar-refractivity contribution >= 4 is 28.2 Å². The molecule has 1 heterocycles. The van der Waals surface area contributed by atoms with Gasteiger partial charge in [0.05, 0.1) is 24.0 Å². The lowest BCUT2D eigenvalue weighted by atomic mass is 10.2. The minimum absolute atomic E-state index is 0.326. The number of ether oxygens (including phenoxy) is 1. The molecule has 21 heavy (non-hydrogen) atoms. The van der Waals surface area contributed by atoms with Crippen LogP contribution in [0.15, 0.2) is 42.5 Å². The third-order valence-corrected chi connectivity index (χ3v) is 3.19. The molecule has 0 atom stereocenters. The van der Waals surface area contributed by atoms with Gasteiger partial charge in [-0.2, -0.15) is 5.10 Å². The lowest BCUT2D eigenvalue weighted by Gasteiger charge is -2.09. The van der Waals surface area contributed by atoms with Crippen molar-refractivity contribution in [3.8, 4) is 5.75 Å². The number of anilines is 2. The number of hydrogen-bond acceptors (Lipinski definition) is 4. The van der Waals surface area contributed by atoms with Crippen molar-refractivity contribution in [2.75, 3.05) is 18.2 Å². The van der Waals surface area contributed by atoms with Gasteiger partial charge < -0.3 is 15.8 Å². The van der Waals surface area contributed by atoms with E-state index in [4.69, 9.17) is 10.5 Å². The molecule has 0 aliphatic heterocycles. The molecular formula is C15H14N4O2. The van der Waals surface area contributed by atoms with Crippen LogP contribution in [-0.2, 0) is 0 Å². The zero-order chi connectivity index (χ0) is 14.8. The summed E-state index contributed by atoms with van der Waals surface area (Å²) in [6.45, 7) is 0. The van der Waals surface area contributed by atoms with Gasteiger partial charge in [-0.25, -0.2) is 0 Å². The van der Waals surface area contributed by atoms with Crippen LogP contribution < -0.4 is 15.8 Å². The van der Waals surface area contributed by atoms with Crippen molar-refractivity contribution < 1.29 is 9.53 Å². The van der Waals surface area contributed by atoms with Crippen LogP contribution in [0, 0.1) is 0 Å². The average Bonchev–Trinajstić information content (AvgIpc) is 2.93. The van der Waals surface area contributed by atoms with Crippen molar-refractivity contribution in [2.24, 2.45) is 0 Å². The molecule has 6 nitrogen and oxygen atoms in total. The van der Waals surface area contributed by atoms with Gasteiger partial charge in [0.1, 0.15) is 5.75 Å². The van der Waals surface area contributed by atoms with E-state index >= 15 is 0 Å². The number of H-pyrrole nitrogens is 1. The van der Waals surface area contributed by atoms with Crippen molar-refractivity contribution in [1.82, 2.24) is 10.2 Å². The summed E-state index contributed by atoms with van der Waals surface area (Å²) < 4.78 is 5.12. The number of amides is 1. The van der Waals surface area contributed by atoms with Crippen LogP contribution >= 0.6 is 0 Å². The Morgan fingerprint density at radius 3 is 2.90 bits per heavy atom. The third-order valence-electron chi connectivity index (χ3n) is 3.19. The fraction of sp³-hybridized carbons (Fsp3) is 0.0667. The molecule has 1 amide bonds. The molecule has 0 radical (unpaired) electrons. The summed E-state index contributed by atoms with van der Waals surface area (Å²) in [5.41, 5.74) is 7.95. The molecule has 0 unspecified atom stereocenters. The molecule has 0 bridgehead atoms. The molecule has 1 aromatic heterocycles. The molecule has 0 aliphatic carbocycles. The number of benzene rings is 2. The van der Waals surface area contributed by atoms with E-state index in [2.05, 4.69) is 15.5 Å². The van der Waals surface area contributed by atoms with Gasteiger partial charge in [-0.15, -0.1) is 0 Å². The Morgan fingerprint density at radius 1 is 1.29 bits per heavy atom. The first-order valence-electron chi connectivity index (χ1n) is 6.37. The lowest BCUT2D eigenvalue weighted by Crippen LogP contribution is -2.14. The number of carbonyl (C=O) groups excluding carboxylic acids is 1. The fourth-order valence-electron chi connectivity index (χ4n) is 2.09. The van der Waals surface area contributed by atoms with Crippen LogP contribution in [0.3, 0.4) is 0 Å². The predicted octanol–water partition coefficient (Wildman–Crippen LogP) is 2.41. The van der Waals surface area contributed by atoms with E-state index < -0.39 is 0 Å². The highest BCUT2D eigenvalue weighted by atomic mass is 16.5. The lowest BCUT2D eigenvalue weighted by molar-refractivity contribution is 0.102. The zero-order valence-corrected chi connectivity index (χ0v) is 11.4. The fourth-order valence-corrected chi connectivity index (χ4v) is 2.09. The molecule has 4 N–H and O–H groups in total. The van der Waals surface area contributed by atoms with E-state index in [1.807, 2.05) is 24.3 Å². The Balaban J connectivity index is 1.93. The number of rotatable bonds is 3. The molecule has 0 spiro atoms. The molecule has 3 aromatic rings. The molecule has 3 rings (SSSR count). The molecule has 0 saturated carbocycles. The van der Waals surface area contributed by atoms with Crippen molar-refractivity contribution in [1.29, 1.82) is 0 Å². The Labute approximate surface area is 120 Å². The number of hydrogen-bond donors (Lipinski definition) is 3. The first kappa shape index (κ1) is 13.0. The minimum atomic E-state index is -0.326. The summed E-state index contributed by atoms with van der Waals surface area (Å²) in [5, 5.41) is 10.4. The summed E-state index contributed by atoms with van der Waals surface area (Å²) in [6.07, 6.45) is 0. The maximum Gasteiger partial charge on any atom is 0.276 e. The van der Waals surface area contributed by atoms with Gasteiger partial charge >= 0.3 is 0 Å².